The lowest BCUT2D eigenvalue weighted by molar-refractivity contribution is 0.122. The molecule has 0 heterocycles. The van der Waals surface area contributed by atoms with E-state index in [4.69, 9.17) is 10.5 Å². The first-order valence-corrected chi connectivity index (χ1v) is 7.15. The zero-order valence-corrected chi connectivity index (χ0v) is 12.0. The number of sulfonamides is 1. The van der Waals surface area contributed by atoms with E-state index in [1.165, 1.54) is 7.11 Å². The number of nitrogens with one attached hydrogen (secondary N) is 1. The molecule has 0 saturated heterocycles. The Labute approximate surface area is 108 Å². The standard InChI is InChI=1S/C12H20N2O3S/c1-8-5-11(13)10(3)12(6-8)18(15,16)14-7-9(2)17-4/h5-6,9,14H,7,13H2,1-4H3. The Morgan fingerprint density at radius 1 is 1.39 bits per heavy atom. The van der Waals surface area contributed by atoms with Gasteiger partial charge in [0.15, 0.2) is 0 Å². The Balaban J connectivity index is 3.05. The molecule has 5 nitrogen and oxygen atoms in total. The van der Waals surface area contributed by atoms with Crippen LogP contribution in [0.3, 0.4) is 0 Å². The van der Waals surface area contributed by atoms with Crippen molar-refractivity contribution in [3.8, 4) is 0 Å². The number of hydrogen-bond acceptors (Lipinski definition) is 4. The van der Waals surface area contributed by atoms with Gasteiger partial charge in [-0.2, -0.15) is 0 Å². The Morgan fingerprint density at radius 3 is 2.56 bits per heavy atom. The van der Waals surface area contributed by atoms with Gasteiger partial charge in [-0.05, 0) is 44.0 Å². The SMILES string of the molecule is COC(C)CNS(=O)(=O)c1cc(C)cc(N)c1C. The van der Waals surface area contributed by atoms with Crippen LogP contribution in [0.2, 0.25) is 0 Å². The minimum atomic E-state index is -3.55. The first-order chi connectivity index (χ1) is 8.27. The number of hydrogen-bond donors (Lipinski definition) is 2. The quantitative estimate of drug-likeness (QED) is 0.789. The first-order valence-electron chi connectivity index (χ1n) is 5.67. The molecule has 0 saturated carbocycles. The first kappa shape index (κ1) is 14.9. The molecule has 0 radical (unpaired) electrons. The van der Waals surface area contributed by atoms with Crippen molar-refractivity contribution in [1.82, 2.24) is 4.72 Å². The minimum absolute atomic E-state index is 0.178. The molecule has 0 aliphatic carbocycles. The number of anilines is 1. The van der Waals surface area contributed by atoms with Crippen molar-refractivity contribution in [1.29, 1.82) is 0 Å². The van der Waals surface area contributed by atoms with Gasteiger partial charge in [0.2, 0.25) is 10.0 Å². The van der Waals surface area contributed by atoms with Gasteiger partial charge in [0, 0.05) is 19.3 Å². The second-order valence-corrected chi connectivity index (χ2v) is 6.11. The van der Waals surface area contributed by atoms with E-state index in [1.807, 2.05) is 6.92 Å². The fraction of sp³-hybridized carbons (Fsp3) is 0.500. The maximum absolute atomic E-state index is 12.2. The normalized spacial score (nSPS) is 13.6. The smallest absolute Gasteiger partial charge is 0.241 e. The molecule has 0 aliphatic heterocycles. The van der Waals surface area contributed by atoms with Crippen molar-refractivity contribution in [3.05, 3.63) is 23.3 Å². The van der Waals surface area contributed by atoms with Crippen LogP contribution in [0.1, 0.15) is 18.1 Å². The Morgan fingerprint density at radius 2 is 2.00 bits per heavy atom. The van der Waals surface area contributed by atoms with Gasteiger partial charge in [-0.1, -0.05) is 0 Å². The molecule has 1 aromatic rings. The summed E-state index contributed by atoms with van der Waals surface area (Å²) in [5.74, 6) is 0. The molecule has 0 bridgehead atoms. The van der Waals surface area contributed by atoms with Gasteiger partial charge in [0.25, 0.3) is 0 Å². The summed E-state index contributed by atoms with van der Waals surface area (Å²) in [5.41, 5.74) is 7.65. The van der Waals surface area contributed by atoms with Crippen LogP contribution in [0, 0.1) is 13.8 Å². The molecule has 0 aromatic heterocycles. The summed E-state index contributed by atoms with van der Waals surface area (Å²) in [7, 11) is -2.01. The van der Waals surface area contributed by atoms with Crippen LogP contribution < -0.4 is 10.5 Å². The zero-order chi connectivity index (χ0) is 13.9. The average Bonchev–Trinajstić information content (AvgIpc) is 2.30. The Hall–Kier alpha value is -1.11. The third-order valence-corrected chi connectivity index (χ3v) is 4.35. The number of rotatable bonds is 5. The molecule has 0 fully saturated rings. The van der Waals surface area contributed by atoms with Crippen LogP contribution in [0.15, 0.2) is 17.0 Å². The summed E-state index contributed by atoms with van der Waals surface area (Å²) in [6.07, 6.45) is -0.178. The number of methoxy groups -OCH3 is 1. The summed E-state index contributed by atoms with van der Waals surface area (Å²) in [6.45, 7) is 5.53. The van der Waals surface area contributed by atoms with E-state index >= 15 is 0 Å². The highest BCUT2D eigenvalue weighted by molar-refractivity contribution is 7.89. The predicted molar refractivity (Wildman–Crippen MR) is 72.0 cm³/mol. The van der Waals surface area contributed by atoms with Gasteiger partial charge in [0.1, 0.15) is 0 Å². The summed E-state index contributed by atoms with van der Waals surface area (Å²) < 4.78 is 31.8. The summed E-state index contributed by atoms with van der Waals surface area (Å²) in [5, 5.41) is 0. The predicted octanol–water partition coefficient (Wildman–Crippen LogP) is 1.20. The van der Waals surface area contributed by atoms with E-state index in [-0.39, 0.29) is 17.5 Å². The van der Waals surface area contributed by atoms with Crippen LogP contribution in [-0.4, -0.2) is 28.2 Å². The average molecular weight is 272 g/mol. The molecule has 18 heavy (non-hydrogen) atoms. The maximum atomic E-state index is 12.2. The maximum Gasteiger partial charge on any atom is 0.241 e. The van der Waals surface area contributed by atoms with Gasteiger partial charge >= 0.3 is 0 Å². The van der Waals surface area contributed by atoms with Crippen molar-refractivity contribution in [2.75, 3.05) is 19.4 Å². The summed E-state index contributed by atoms with van der Waals surface area (Å²) in [6, 6.07) is 3.37. The fourth-order valence-corrected chi connectivity index (χ4v) is 2.99. The Kier molecular flexibility index (Phi) is 4.72. The molecule has 3 N–H and O–H groups in total. The van der Waals surface area contributed by atoms with Crippen molar-refractivity contribution in [3.63, 3.8) is 0 Å². The van der Waals surface area contributed by atoms with E-state index in [9.17, 15) is 8.42 Å². The van der Waals surface area contributed by atoms with Crippen molar-refractivity contribution < 1.29 is 13.2 Å². The van der Waals surface area contributed by atoms with Gasteiger partial charge in [-0.15, -0.1) is 0 Å². The minimum Gasteiger partial charge on any atom is -0.398 e. The molecular weight excluding hydrogens is 252 g/mol. The number of benzene rings is 1. The lowest BCUT2D eigenvalue weighted by Gasteiger charge is -2.14. The molecule has 1 rings (SSSR count). The highest BCUT2D eigenvalue weighted by Crippen LogP contribution is 2.22. The van der Waals surface area contributed by atoms with Gasteiger partial charge in [-0.3, -0.25) is 0 Å². The van der Waals surface area contributed by atoms with E-state index in [2.05, 4.69) is 4.72 Å². The van der Waals surface area contributed by atoms with Crippen LogP contribution in [0.25, 0.3) is 0 Å². The van der Waals surface area contributed by atoms with E-state index < -0.39 is 10.0 Å². The highest BCUT2D eigenvalue weighted by atomic mass is 32.2. The van der Waals surface area contributed by atoms with E-state index in [0.29, 0.717) is 11.3 Å². The second kappa shape index (κ2) is 5.69. The molecule has 102 valence electrons. The monoisotopic (exact) mass is 272 g/mol. The number of nitrogens with two attached hydrogens (primary N) is 1. The van der Waals surface area contributed by atoms with E-state index in [0.717, 1.165) is 5.56 Å². The van der Waals surface area contributed by atoms with Gasteiger partial charge in [-0.25, -0.2) is 13.1 Å². The molecular formula is C12H20N2O3S. The number of aryl methyl sites for hydroxylation is 1. The molecule has 1 aromatic carbocycles. The fourth-order valence-electron chi connectivity index (χ4n) is 1.52. The second-order valence-electron chi connectivity index (χ2n) is 4.38. The molecule has 0 aliphatic rings. The molecule has 6 heteroatoms. The Bertz CT molecular complexity index is 526. The largest absolute Gasteiger partial charge is 0.398 e. The molecule has 1 atom stereocenters. The van der Waals surface area contributed by atoms with Gasteiger partial charge in [0.05, 0.1) is 11.0 Å². The van der Waals surface area contributed by atoms with E-state index in [1.54, 1.807) is 26.0 Å². The van der Waals surface area contributed by atoms with Gasteiger partial charge < -0.3 is 10.5 Å². The van der Waals surface area contributed by atoms with Crippen LogP contribution in [0.5, 0.6) is 0 Å². The van der Waals surface area contributed by atoms with Crippen molar-refractivity contribution in [2.24, 2.45) is 0 Å². The van der Waals surface area contributed by atoms with Crippen molar-refractivity contribution in [2.45, 2.75) is 31.8 Å². The molecule has 1 unspecified atom stereocenters. The molecule has 0 amide bonds. The van der Waals surface area contributed by atoms with Crippen LogP contribution in [-0.2, 0) is 14.8 Å². The molecule has 0 spiro atoms. The number of ether oxygens (including phenoxy) is 1. The van der Waals surface area contributed by atoms with Crippen LogP contribution in [0.4, 0.5) is 5.69 Å². The van der Waals surface area contributed by atoms with Crippen LogP contribution >= 0.6 is 0 Å². The lowest BCUT2D eigenvalue weighted by Crippen LogP contribution is -2.32. The summed E-state index contributed by atoms with van der Waals surface area (Å²) in [4.78, 5) is 0.225. The number of nitrogen functional groups attached to an aromatic ring is 1. The topological polar surface area (TPSA) is 81.4 Å². The lowest BCUT2D eigenvalue weighted by atomic mass is 10.1. The third-order valence-electron chi connectivity index (χ3n) is 2.80. The highest BCUT2D eigenvalue weighted by Gasteiger charge is 2.19. The zero-order valence-electron chi connectivity index (χ0n) is 11.1. The third kappa shape index (κ3) is 3.44. The summed E-state index contributed by atoms with van der Waals surface area (Å²) >= 11 is 0. The van der Waals surface area contributed by atoms with Crippen molar-refractivity contribution >= 4 is 15.7 Å².